The molecule has 1 heterocycles. The second kappa shape index (κ2) is 11.7. The molecule has 5 N–H and O–H groups in total. The minimum Gasteiger partial charge on any atom is -0.448 e. The Balaban J connectivity index is 2.08. The van der Waals surface area contributed by atoms with Crippen LogP contribution in [0.2, 0.25) is 0 Å². The SMILES string of the molecule is C#CCCOC(=O)Nc1cccc(CO/N=C(\C(=N\N)N(C)N)c2ccccc2)n1. The van der Waals surface area contributed by atoms with Crippen molar-refractivity contribution in [3.8, 4) is 12.3 Å². The van der Waals surface area contributed by atoms with Gasteiger partial charge in [-0.3, -0.25) is 10.3 Å². The van der Waals surface area contributed by atoms with E-state index >= 15 is 0 Å². The molecule has 10 nitrogen and oxygen atoms in total. The van der Waals surface area contributed by atoms with Crippen LogP contribution >= 0.6 is 0 Å². The van der Waals surface area contributed by atoms with Crippen LogP contribution in [0.1, 0.15) is 17.7 Å². The highest BCUT2D eigenvalue weighted by Gasteiger charge is 2.15. The molecule has 10 heteroatoms. The number of likely N-dealkylation sites (N-methyl/N-ethyl adjacent to an activating group) is 1. The van der Waals surface area contributed by atoms with Crippen molar-refractivity contribution in [2.24, 2.45) is 21.9 Å². The first kappa shape index (κ1) is 22.2. The molecule has 0 spiro atoms. The predicted molar refractivity (Wildman–Crippen MR) is 114 cm³/mol. The van der Waals surface area contributed by atoms with Crippen LogP contribution in [0, 0.1) is 12.3 Å². The molecule has 0 aliphatic rings. The van der Waals surface area contributed by atoms with E-state index < -0.39 is 6.09 Å². The largest absolute Gasteiger partial charge is 0.448 e. The van der Waals surface area contributed by atoms with Crippen molar-refractivity contribution in [3.63, 3.8) is 0 Å². The predicted octanol–water partition coefficient (Wildman–Crippen LogP) is 1.65. The van der Waals surface area contributed by atoms with E-state index in [0.29, 0.717) is 23.6 Å². The Morgan fingerprint density at radius 2 is 2.03 bits per heavy atom. The average Bonchev–Trinajstić information content (AvgIpc) is 2.74. The van der Waals surface area contributed by atoms with Gasteiger partial charge >= 0.3 is 6.09 Å². The molecule has 1 aromatic heterocycles. The van der Waals surface area contributed by atoms with E-state index in [2.05, 4.69) is 26.5 Å². The maximum Gasteiger partial charge on any atom is 0.412 e. The Morgan fingerprint density at radius 3 is 2.70 bits per heavy atom. The third-order valence-electron chi connectivity index (χ3n) is 3.60. The number of carbonyl (C=O) groups excluding carboxylic acids is 1. The highest BCUT2D eigenvalue weighted by molar-refractivity contribution is 6.47. The van der Waals surface area contributed by atoms with Crippen molar-refractivity contribution < 1.29 is 14.4 Å². The molecule has 1 amide bonds. The molecule has 0 aliphatic heterocycles. The van der Waals surface area contributed by atoms with Gasteiger partial charge in [-0.15, -0.1) is 12.3 Å². The zero-order valence-corrected chi connectivity index (χ0v) is 16.5. The minimum absolute atomic E-state index is 0.0319. The number of pyridine rings is 1. The average molecular weight is 409 g/mol. The molecule has 0 fully saturated rings. The summed E-state index contributed by atoms with van der Waals surface area (Å²) in [6, 6.07) is 14.3. The molecule has 30 heavy (non-hydrogen) atoms. The summed E-state index contributed by atoms with van der Waals surface area (Å²) in [6.07, 6.45) is 4.81. The number of amides is 1. The zero-order valence-electron chi connectivity index (χ0n) is 16.5. The molecule has 1 aromatic carbocycles. The Labute approximate surface area is 174 Å². The Kier molecular flexibility index (Phi) is 8.64. The number of ether oxygens (including phenoxy) is 1. The standard InChI is InChI=1S/C20H23N7O3/c1-3-4-13-29-20(28)24-17-12-8-11-16(23-17)14-30-26-18(19(25-21)27(2)22)15-9-6-5-7-10-15/h1,5-12H,4,13-14,21-22H2,2H3,(H,23,24,28)/b25-19-,26-18-. The molecule has 2 rings (SSSR count). The number of anilines is 1. The van der Waals surface area contributed by atoms with E-state index in [4.69, 9.17) is 27.7 Å². The van der Waals surface area contributed by atoms with Crippen LogP contribution in [0.5, 0.6) is 0 Å². The fourth-order valence-corrected chi connectivity index (χ4v) is 2.27. The summed E-state index contributed by atoms with van der Waals surface area (Å²) < 4.78 is 4.92. The molecule has 0 saturated heterocycles. The Hall–Kier alpha value is -4.10. The molecule has 0 aliphatic carbocycles. The smallest absolute Gasteiger partial charge is 0.412 e. The van der Waals surface area contributed by atoms with E-state index in [0.717, 1.165) is 5.56 Å². The zero-order chi connectivity index (χ0) is 21.8. The van der Waals surface area contributed by atoms with Gasteiger partial charge in [0.05, 0.1) is 5.69 Å². The Morgan fingerprint density at radius 1 is 1.27 bits per heavy atom. The summed E-state index contributed by atoms with van der Waals surface area (Å²) in [4.78, 5) is 21.4. The first-order valence-electron chi connectivity index (χ1n) is 8.90. The van der Waals surface area contributed by atoms with Gasteiger partial charge in [-0.05, 0) is 12.1 Å². The van der Waals surface area contributed by atoms with Gasteiger partial charge in [-0.2, -0.15) is 5.10 Å². The molecule has 0 radical (unpaired) electrons. The monoisotopic (exact) mass is 409 g/mol. The Bertz CT molecular complexity index is 937. The van der Waals surface area contributed by atoms with E-state index in [1.165, 1.54) is 5.01 Å². The number of hydrogen-bond donors (Lipinski definition) is 3. The van der Waals surface area contributed by atoms with Crippen LogP contribution in [0.3, 0.4) is 0 Å². The lowest BCUT2D eigenvalue weighted by Gasteiger charge is -2.16. The maximum atomic E-state index is 11.7. The summed E-state index contributed by atoms with van der Waals surface area (Å²) in [5, 5.41) is 11.6. The molecule has 0 unspecified atom stereocenters. The summed E-state index contributed by atoms with van der Waals surface area (Å²) in [5.74, 6) is 14.2. The van der Waals surface area contributed by atoms with Crippen LogP contribution in [0.25, 0.3) is 0 Å². The lowest BCUT2D eigenvalue weighted by molar-refractivity contribution is 0.128. The number of aromatic nitrogens is 1. The number of nitrogens with zero attached hydrogens (tertiary/aromatic N) is 4. The van der Waals surface area contributed by atoms with E-state index in [1.807, 2.05) is 30.3 Å². The van der Waals surface area contributed by atoms with Gasteiger partial charge in [0.25, 0.3) is 0 Å². The van der Waals surface area contributed by atoms with Crippen LogP contribution in [0.4, 0.5) is 10.6 Å². The molecule has 0 atom stereocenters. The lowest BCUT2D eigenvalue weighted by Crippen LogP contribution is -2.40. The van der Waals surface area contributed by atoms with Gasteiger partial charge in [0.15, 0.2) is 18.2 Å². The van der Waals surface area contributed by atoms with Crippen molar-refractivity contribution in [1.29, 1.82) is 0 Å². The normalized spacial score (nSPS) is 11.4. The first-order chi connectivity index (χ1) is 14.5. The first-order valence-corrected chi connectivity index (χ1v) is 8.90. The van der Waals surface area contributed by atoms with E-state index in [1.54, 1.807) is 25.2 Å². The maximum absolute atomic E-state index is 11.7. The molecule has 2 aromatic rings. The molecule has 0 saturated carbocycles. The molecule has 0 bridgehead atoms. The molecular formula is C20H23N7O3. The number of terminal acetylenes is 1. The van der Waals surface area contributed by atoms with Gasteiger partial charge in [0.2, 0.25) is 0 Å². The fraction of sp³-hybridized carbons (Fsp3) is 0.200. The second-order valence-electron chi connectivity index (χ2n) is 5.87. The van der Waals surface area contributed by atoms with Gasteiger partial charge in [-0.25, -0.2) is 15.6 Å². The van der Waals surface area contributed by atoms with E-state index in [-0.39, 0.29) is 19.0 Å². The van der Waals surface area contributed by atoms with Crippen molar-refractivity contribution >= 4 is 23.5 Å². The van der Waals surface area contributed by atoms with Gasteiger partial charge in [0.1, 0.15) is 12.4 Å². The van der Waals surface area contributed by atoms with Crippen molar-refractivity contribution in [1.82, 2.24) is 9.99 Å². The number of hydrazone groups is 1. The number of nitrogens with one attached hydrogen (secondary N) is 1. The number of rotatable bonds is 8. The molecular weight excluding hydrogens is 386 g/mol. The number of carbonyl (C=O) groups is 1. The van der Waals surface area contributed by atoms with Crippen molar-refractivity contribution in [3.05, 3.63) is 59.8 Å². The van der Waals surface area contributed by atoms with E-state index in [9.17, 15) is 4.79 Å². The number of oxime groups is 1. The number of hydrazine groups is 1. The third kappa shape index (κ3) is 6.81. The summed E-state index contributed by atoms with van der Waals surface area (Å²) in [5.41, 5.74) is 1.60. The van der Waals surface area contributed by atoms with Crippen LogP contribution in [0.15, 0.2) is 58.8 Å². The number of amidine groups is 1. The fourth-order valence-electron chi connectivity index (χ4n) is 2.27. The van der Waals surface area contributed by atoms with Crippen LogP contribution in [-0.4, -0.2) is 41.3 Å². The molecule has 156 valence electrons. The highest BCUT2D eigenvalue weighted by atomic mass is 16.6. The second-order valence-corrected chi connectivity index (χ2v) is 5.87. The number of hydrogen-bond acceptors (Lipinski definition) is 8. The number of benzene rings is 1. The summed E-state index contributed by atoms with van der Waals surface area (Å²) in [6.45, 7) is 0.160. The van der Waals surface area contributed by atoms with Crippen molar-refractivity contribution in [2.45, 2.75) is 13.0 Å². The van der Waals surface area contributed by atoms with Gasteiger partial charge < -0.3 is 15.4 Å². The number of nitrogens with two attached hydrogens (primary N) is 2. The van der Waals surface area contributed by atoms with Crippen molar-refractivity contribution in [2.75, 3.05) is 19.0 Å². The lowest BCUT2D eigenvalue weighted by atomic mass is 10.1. The quantitative estimate of drug-likeness (QED) is 0.150. The van der Waals surface area contributed by atoms with Gasteiger partial charge in [0, 0.05) is 19.0 Å². The van der Waals surface area contributed by atoms with Crippen LogP contribution < -0.4 is 17.0 Å². The summed E-state index contributed by atoms with van der Waals surface area (Å²) in [7, 11) is 1.59. The topological polar surface area (TPSA) is 140 Å². The van der Waals surface area contributed by atoms with Crippen LogP contribution in [-0.2, 0) is 16.2 Å². The highest BCUT2D eigenvalue weighted by Crippen LogP contribution is 2.09. The third-order valence-corrected chi connectivity index (χ3v) is 3.60. The summed E-state index contributed by atoms with van der Waals surface area (Å²) >= 11 is 0. The van der Waals surface area contributed by atoms with Gasteiger partial charge in [-0.1, -0.05) is 41.6 Å². The minimum atomic E-state index is -0.644.